The van der Waals surface area contributed by atoms with E-state index in [0.717, 1.165) is 6.42 Å². The number of amides is 1. The Hall–Kier alpha value is -2.19. The first-order chi connectivity index (χ1) is 14.9. The van der Waals surface area contributed by atoms with Gasteiger partial charge in [-0.15, -0.1) is 0 Å². The summed E-state index contributed by atoms with van der Waals surface area (Å²) in [7, 11) is 3.12. The summed E-state index contributed by atoms with van der Waals surface area (Å²) in [6.45, 7) is 4.62. The van der Waals surface area contributed by atoms with Crippen molar-refractivity contribution in [1.82, 2.24) is 4.90 Å². The average Bonchev–Trinajstić information content (AvgIpc) is 3.24. The summed E-state index contributed by atoms with van der Waals surface area (Å²) in [5, 5.41) is 0. The van der Waals surface area contributed by atoms with Crippen molar-refractivity contribution < 1.29 is 33.3 Å². The van der Waals surface area contributed by atoms with Crippen molar-refractivity contribution >= 4 is 17.8 Å². The van der Waals surface area contributed by atoms with Crippen LogP contribution in [0.2, 0.25) is 0 Å². The number of carbonyl (C=O) groups excluding carboxylic acids is 3. The van der Waals surface area contributed by atoms with Gasteiger partial charge in [-0.2, -0.15) is 0 Å². The molecule has 8 nitrogen and oxygen atoms in total. The SMILES string of the molecule is CO[C@@H]1COC(=O)CC=C[C@H](C)[C@H](OC)COC(=O)[C@@H]2CCCN2C(=O)CC=C[C@H]1C. The summed E-state index contributed by atoms with van der Waals surface area (Å²) in [6.07, 6.45) is 8.26. The van der Waals surface area contributed by atoms with Crippen LogP contribution in [0.15, 0.2) is 24.3 Å². The molecule has 5 atom stereocenters. The zero-order chi connectivity index (χ0) is 22.8. The highest BCUT2D eigenvalue weighted by Crippen LogP contribution is 2.21. The van der Waals surface area contributed by atoms with E-state index in [1.54, 1.807) is 31.3 Å². The second-order valence-electron chi connectivity index (χ2n) is 8.09. The van der Waals surface area contributed by atoms with Crippen molar-refractivity contribution in [2.24, 2.45) is 11.8 Å². The van der Waals surface area contributed by atoms with E-state index in [9.17, 15) is 14.4 Å². The summed E-state index contributed by atoms with van der Waals surface area (Å²) in [6, 6.07) is -0.554. The van der Waals surface area contributed by atoms with E-state index >= 15 is 0 Å². The minimum Gasteiger partial charge on any atom is -0.463 e. The molecule has 1 saturated heterocycles. The van der Waals surface area contributed by atoms with Crippen LogP contribution in [0.4, 0.5) is 0 Å². The fraction of sp³-hybridized carbons (Fsp3) is 0.696. The molecule has 0 saturated carbocycles. The number of hydrogen-bond acceptors (Lipinski definition) is 7. The lowest BCUT2D eigenvalue weighted by molar-refractivity contribution is -0.156. The highest BCUT2D eigenvalue weighted by Gasteiger charge is 2.35. The van der Waals surface area contributed by atoms with Crippen molar-refractivity contribution in [3.05, 3.63) is 24.3 Å². The average molecular weight is 438 g/mol. The second-order valence-corrected chi connectivity index (χ2v) is 8.09. The molecule has 0 bridgehead atoms. The standard InChI is InChI=1S/C23H35NO7/c1-16-8-5-11-21(25)24-13-7-10-18(24)23(27)31-15-20(29-4)17(2)9-6-12-22(26)30-14-19(16)28-3/h5-6,8-9,16-20H,7,10-15H2,1-4H3/t16-,17+,18+,19-,20-/m1/s1. The molecule has 0 aliphatic carbocycles. The Morgan fingerprint density at radius 1 is 0.903 bits per heavy atom. The Kier molecular flexibility index (Phi) is 10.2. The summed E-state index contributed by atoms with van der Waals surface area (Å²) >= 11 is 0. The first kappa shape index (κ1) is 25.1. The van der Waals surface area contributed by atoms with Crippen LogP contribution < -0.4 is 0 Å². The molecule has 2 aliphatic rings. The van der Waals surface area contributed by atoms with E-state index in [1.165, 1.54) is 0 Å². The maximum absolute atomic E-state index is 12.7. The second kappa shape index (κ2) is 12.6. The molecule has 0 aromatic rings. The number of ether oxygens (including phenoxy) is 4. The Morgan fingerprint density at radius 3 is 2.10 bits per heavy atom. The lowest BCUT2D eigenvalue weighted by Crippen LogP contribution is -2.42. The Morgan fingerprint density at radius 2 is 1.48 bits per heavy atom. The van der Waals surface area contributed by atoms with Crippen LogP contribution >= 0.6 is 0 Å². The lowest BCUT2D eigenvalue weighted by Gasteiger charge is -2.25. The van der Waals surface area contributed by atoms with Gasteiger partial charge in [-0.05, 0) is 12.8 Å². The number of hydrogen-bond donors (Lipinski definition) is 0. The van der Waals surface area contributed by atoms with Crippen LogP contribution in [0.25, 0.3) is 0 Å². The van der Waals surface area contributed by atoms with Crippen LogP contribution in [-0.4, -0.2) is 75.0 Å². The van der Waals surface area contributed by atoms with Gasteiger partial charge in [0, 0.05) is 39.0 Å². The number of nitrogens with zero attached hydrogens (tertiary/aromatic N) is 1. The van der Waals surface area contributed by atoms with Gasteiger partial charge in [0.15, 0.2) is 0 Å². The maximum Gasteiger partial charge on any atom is 0.328 e. The first-order valence-corrected chi connectivity index (χ1v) is 10.9. The zero-order valence-electron chi connectivity index (χ0n) is 19.0. The molecular formula is C23H35NO7. The molecule has 2 rings (SSSR count). The third-order valence-electron chi connectivity index (χ3n) is 5.88. The molecule has 1 fully saturated rings. The van der Waals surface area contributed by atoms with E-state index < -0.39 is 12.0 Å². The van der Waals surface area contributed by atoms with Crippen LogP contribution in [0.5, 0.6) is 0 Å². The molecule has 31 heavy (non-hydrogen) atoms. The number of rotatable bonds is 2. The smallest absolute Gasteiger partial charge is 0.328 e. The molecule has 174 valence electrons. The Labute approximate surface area is 184 Å². The lowest BCUT2D eigenvalue weighted by atomic mass is 10.0. The normalized spacial score (nSPS) is 31.9. The summed E-state index contributed by atoms with van der Waals surface area (Å²) in [5.41, 5.74) is 0. The number of fused-ring (bicyclic) bond motifs is 1. The monoisotopic (exact) mass is 437 g/mol. The van der Waals surface area contributed by atoms with Crippen LogP contribution in [0.3, 0.4) is 0 Å². The molecule has 0 unspecified atom stereocenters. The zero-order valence-corrected chi connectivity index (χ0v) is 19.0. The number of esters is 2. The topological polar surface area (TPSA) is 91.4 Å². The number of methoxy groups -OCH3 is 2. The van der Waals surface area contributed by atoms with Gasteiger partial charge in [0.2, 0.25) is 5.91 Å². The van der Waals surface area contributed by atoms with E-state index in [0.29, 0.717) is 13.0 Å². The fourth-order valence-corrected chi connectivity index (χ4v) is 3.80. The molecular weight excluding hydrogens is 402 g/mol. The van der Waals surface area contributed by atoms with Gasteiger partial charge < -0.3 is 23.8 Å². The molecule has 0 radical (unpaired) electrons. The van der Waals surface area contributed by atoms with Gasteiger partial charge in [-0.3, -0.25) is 9.59 Å². The van der Waals surface area contributed by atoms with Crippen LogP contribution in [0.1, 0.15) is 39.5 Å². The van der Waals surface area contributed by atoms with Gasteiger partial charge in [0.05, 0.1) is 18.6 Å². The first-order valence-electron chi connectivity index (χ1n) is 10.9. The Balaban J connectivity index is 2.16. The van der Waals surface area contributed by atoms with E-state index in [-0.39, 0.29) is 62.0 Å². The van der Waals surface area contributed by atoms with Crippen molar-refractivity contribution in [2.45, 2.75) is 57.8 Å². The maximum atomic E-state index is 12.7. The van der Waals surface area contributed by atoms with Gasteiger partial charge in [0.25, 0.3) is 0 Å². The minimum absolute atomic E-state index is 0.0509. The van der Waals surface area contributed by atoms with E-state index in [4.69, 9.17) is 18.9 Å². The summed E-state index contributed by atoms with van der Waals surface area (Å²) in [5.74, 6) is -0.992. The van der Waals surface area contributed by atoms with Crippen LogP contribution in [0, 0.1) is 11.8 Å². The number of carbonyl (C=O) groups is 3. The summed E-state index contributed by atoms with van der Waals surface area (Å²) < 4.78 is 21.7. The molecule has 0 aromatic heterocycles. The molecule has 2 heterocycles. The highest BCUT2D eigenvalue weighted by atomic mass is 16.6. The minimum atomic E-state index is -0.554. The van der Waals surface area contributed by atoms with Crippen molar-refractivity contribution in [3.8, 4) is 0 Å². The van der Waals surface area contributed by atoms with Crippen LogP contribution in [-0.2, 0) is 33.3 Å². The van der Waals surface area contributed by atoms with Gasteiger partial charge in [0.1, 0.15) is 19.3 Å². The largest absolute Gasteiger partial charge is 0.463 e. The van der Waals surface area contributed by atoms with Crippen molar-refractivity contribution in [2.75, 3.05) is 34.0 Å². The quantitative estimate of drug-likeness (QED) is 0.483. The molecule has 0 N–H and O–H groups in total. The molecule has 0 aromatic carbocycles. The predicted octanol–water partition coefficient (Wildman–Crippen LogP) is 2.27. The molecule has 0 spiro atoms. The van der Waals surface area contributed by atoms with Gasteiger partial charge in [-0.25, -0.2) is 4.79 Å². The van der Waals surface area contributed by atoms with Gasteiger partial charge >= 0.3 is 11.9 Å². The number of cyclic esters (lactones) is 2. The van der Waals surface area contributed by atoms with Crippen molar-refractivity contribution in [3.63, 3.8) is 0 Å². The fourth-order valence-electron chi connectivity index (χ4n) is 3.80. The third kappa shape index (κ3) is 7.47. The predicted molar refractivity (Wildman–Crippen MR) is 114 cm³/mol. The molecule has 8 heteroatoms. The molecule has 2 aliphatic heterocycles. The van der Waals surface area contributed by atoms with Crippen molar-refractivity contribution in [1.29, 1.82) is 0 Å². The molecule has 1 amide bonds. The third-order valence-corrected chi connectivity index (χ3v) is 5.88. The van der Waals surface area contributed by atoms with Gasteiger partial charge in [-0.1, -0.05) is 38.2 Å². The summed E-state index contributed by atoms with van der Waals surface area (Å²) in [4.78, 5) is 39.0. The van der Waals surface area contributed by atoms with E-state index in [1.807, 2.05) is 26.0 Å². The Bertz CT molecular complexity index is 675. The van der Waals surface area contributed by atoms with E-state index in [2.05, 4.69) is 0 Å². The highest BCUT2D eigenvalue weighted by molar-refractivity contribution is 5.85.